The Hall–Kier alpha value is 0.1000. The van der Waals surface area contributed by atoms with Gasteiger partial charge in [0.1, 0.15) is 0 Å². The molecule has 1 atom stereocenters. The summed E-state index contributed by atoms with van der Waals surface area (Å²) in [6.07, 6.45) is 0. The summed E-state index contributed by atoms with van der Waals surface area (Å²) in [5.41, 5.74) is 1.28. The number of hydrogen-bond acceptors (Lipinski definition) is 2. The van der Waals surface area contributed by atoms with Crippen LogP contribution in [0.5, 0.6) is 0 Å². The van der Waals surface area contributed by atoms with Gasteiger partial charge >= 0.3 is 0 Å². The van der Waals surface area contributed by atoms with Crippen LogP contribution in [-0.4, -0.2) is 19.6 Å². The van der Waals surface area contributed by atoms with Crippen LogP contribution in [-0.2, 0) is 6.54 Å². The Labute approximate surface area is 108 Å². The van der Waals surface area contributed by atoms with Crippen LogP contribution in [0.15, 0.2) is 27.1 Å². The van der Waals surface area contributed by atoms with E-state index in [0.29, 0.717) is 6.04 Å². The van der Waals surface area contributed by atoms with E-state index in [1.54, 1.807) is 0 Å². The molecular formula is C11H16Br2N2. The zero-order valence-corrected chi connectivity index (χ0v) is 12.2. The van der Waals surface area contributed by atoms with Gasteiger partial charge in [0.15, 0.2) is 0 Å². The molecule has 1 rings (SSSR count). The number of nitrogens with one attached hydrogen (secondary N) is 2. The molecule has 2 nitrogen and oxygen atoms in total. The molecule has 0 amide bonds. The van der Waals surface area contributed by atoms with E-state index in [2.05, 4.69) is 67.6 Å². The third-order valence-electron chi connectivity index (χ3n) is 2.17. The average molecular weight is 336 g/mol. The third-order valence-corrected chi connectivity index (χ3v) is 3.40. The summed E-state index contributed by atoms with van der Waals surface area (Å²) < 4.78 is 2.24. The molecule has 4 heteroatoms. The van der Waals surface area contributed by atoms with Gasteiger partial charge in [-0.1, -0.05) is 37.9 Å². The Kier molecular flexibility index (Phi) is 5.82. The van der Waals surface area contributed by atoms with Crippen LogP contribution in [0.4, 0.5) is 0 Å². The van der Waals surface area contributed by atoms with Gasteiger partial charge in [0.25, 0.3) is 0 Å². The summed E-state index contributed by atoms with van der Waals surface area (Å²) in [4.78, 5) is 0. The molecule has 0 spiro atoms. The second kappa shape index (κ2) is 6.63. The molecule has 1 aromatic carbocycles. The second-order valence-corrected chi connectivity index (χ2v) is 5.35. The van der Waals surface area contributed by atoms with E-state index in [4.69, 9.17) is 0 Å². The van der Waals surface area contributed by atoms with Crippen molar-refractivity contribution in [3.8, 4) is 0 Å². The Balaban J connectivity index is 2.50. The summed E-state index contributed by atoms with van der Waals surface area (Å²) >= 11 is 6.99. The van der Waals surface area contributed by atoms with Crippen molar-refractivity contribution in [1.82, 2.24) is 10.6 Å². The molecule has 0 radical (unpaired) electrons. The van der Waals surface area contributed by atoms with Gasteiger partial charge in [0, 0.05) is 28.1 Å². The van der Waals surface area contributed by atoms with Crippen molar-refractivity contribution in [2.45, 2.75) is 19.5 Å². The van der Waals surface area contributed by atoms with E-state index in [1.807, 2.05) is 7.05 Å². The lowest BCUT2D eigenvalue weighted by atomic mass is 10.2. The van der Waals surface area contributed by atoms with Crippen molar-refractivity contribution < 1.29 is 0 Å². The smallest absolute Gasteiger partial charge is 0.0231 e. The number of likely N-dealkylation sites (N-methyl/N-ethyl adjacent to an activating group) is 1. The number of hydrogen-bond donors (Lipinski definition) is 2. The Morgan fingerprint density at radius 3 is 2.67 bits per heavy atom. The van der Waals surface area contributed by atoms with Gasteiger partial charge < -0.3 is 10.6 Å². The van der Waals surface area contributed by atoms with Crippen LogP contribution < -0.4 is 10.6 Å². The van der Waals surface area contributed by atoms with Crippen molar-refractivity contribution in [1.29, 1.82) is 0 Å². The lowest BCUT2D eigenvalue weighted by molar-refractivity contribution is 0.522. The molecule has 0 aliphatic carbocycles. The van der Waals surface area contributed by atoms with Crippen LogP contribution in [0.2, 0.25) is 0 Å². The molecule has 1 aromatic rings. The van der Waals surface area contributed by atoms with E-state index in [9.17, 15) is 0 Å². The van der Waals surface area contributed by atoms with Crippen molar-refractivity contribution in [3.63, 3.8) is 0 Å². The molecule has 0 heterocycles. The van der Waals surface area contributed by atoms with Gasteiger partial charge in [0.05, 0.1) is 0 Å². The van der Waals surface area contributed by atoms with Gasteiger partial charge in [-0.2, -0.15) is 0 Å². The first-order valence-electron chi connectivity index (χ1n) is 4.95. The fraction of sp³-hybridized carbons (Fsp3) is 0.455. The lowest BCUT2D eigenvalue weighted by Crippen LogP contribution is -2.34. The molecule has 1 unspecified atom stereocenters. The fourth-order valence-corrected chi connectivity index (χ4v) is 2.51. The Morgan fingerprint density at radius 1 is 1.33 bits per heavy atom. The van der Waals surface area contributed by atoms with Crippen LogP contribution >= 0.6 is 31.9 Å². The predicted octanol–water partition coefficient (Wildman–Crippen LogP) is 2.91. The van der Waals surface area contributed by atoms with Crippen molar-refractivity contribution in [2.24, 2.45) is 0 Å². The van der Waals surface area contributed by atoms with E-state index < -0.39 is 0 Å². The minimum atomic E-state index is 0.477. The highest BCUT2D eigenvalue weighted by molar-refractivity contribution is 9.11. The third kappa shape index (κ3) is 4.64. The van der Waals surface area contributed by atoms with E-state index in [1.165, 1.54) is 5.56 Å². The molecule has 0 saturated carbocycles. The summed E-state index contributed by atoms with van der Waals surface area (Å²) in [5.74, 6) is 0. The molecule has 0 fully saturated rings. The molecule has 0 aromatic heterocycles. The standard InChI is InChI=1S/C11H16Br2N2/c1-8(6-14-2)15-7-9-3-4-10(12)5-11(9)13/h3-5,8,14-15H,6-7H2,1-2H3. The summed E-state index contributed by atoms with van der Waals surface area (Å²) in [6.45, 7) is 4.04. The van der Waals surface area contributed by atoms with Crippen molar-refractivity contribution in [3.05, 3.63) is 32.7 Å². The highest BCUT2D eigenvalue weighted by Crippen LogP contribution is 2.21. The maximum atomic E-state index is 3.55. The first kappa shape index (κ1) is 13.2. The molecular weight excluding hydrogens is 320 g/mol. The fourth-order valence-electron chi connectivity index (χ4n) is 1.33. The van der Waals surface area contributed by atoms with Gasteiger partial charge in [-0.3, -0.25) is 0 Å². The SMILES string of the molecule is CNCC(C)NCc1ccc(Br)cc1Br. The Bertz CT molecular complexity index is 315. The molecule has 0 bridgehead atoms. The topological polar surface area (TPSA) is 24.1 Å². The minimum Gasteiger partial charge on any atom is -0.318 e. The van der Waals surface area contributed by atoms with Gasteiger partial charge in [-0.25, -0.2) is 0 Å². The van der Waals surface area contributed by atoms with E-state index in [-0.39, 0.29) is 0 Å². The quantitative estimate of drug-likeness (QED) is 0.864. The monoisotopic (exact) mass is 334 g/mol. The zero-order chi connectivity index (χ0) is 11.3. The summed E-state index contributed by atoms with van der Waals surface area (Å²) in [5, 5.41) is 6.60. The van der Waals surface area contributed by atoms with Crippen molar-refractivity contribution in [2.75, 3.05) is 13.6 Å². The molecule has 0 aliphatic heterocycles. The summed E-state index contributed by atoms with van der Waals surface area (Å²) in [7, 11) is 1.97. The van der Waals surface area contributed by atoms with Crippen molar-refractivity contribution >= 4 is 31.9 Å². The largest absolute Gasteiger partial charge is 0.318 e. The van der Waals surface area contributed by atoms with Crippen LogP contribution in [0.3, 0.4) is 0 Å². The number of halogens is 2. The molecule has 2 N–H and O–H groups in total. The maximum Gasteiger partial charge on any atom is 0.0231 e. The Morgan fingerprint density at radius 2 is 2.07 bits per heavy atom. The van der Waals surface area contributed by atoms with Gasteiger partial charge in [0.2, 0.25) is 0 Å². The van der Waals surface area contributed by atoms with Crippen LogP contribution in [0.1, 0.15) is 12.5 Å². The lowest BCUT2D eigenvalue weighted by Gasteiger charge is -2.14. The van der Waals surface area contributed by atoms with Gasteiger partial charge in [-0.15, -0.1) is 0 Å². The number of rotatable bonds is 5. The predicted molar refractivity (Wildman–Crippen MR) is 72.1 cm³/mol. The molecule has 0 aliphatic rings. The first-order valence-corrected chi connectivity index (χ1v) is 6.54. The van der Waals surface area contributed by atoms with Gasteiger partial charge in [-0.05, 0) is 31.7 Å². The highest BCUT2D eigenvalue weighted by atomic mass is 79.9. The average Bonchev–Trinajstić information content (AvgIpc) is 2.17. The molecule has 84 valence electrons. The normalized spacial score (nSPS) is 12.8. The first-order chi connectivity index (χ1) is 7.13. The zero-order valence-electron chi connectivity index (χ0n) is 8.98. The summed E-state index contributed by atoms with van der Waals surface area (Å²) in [6, 6.07) is 6.72. The van der Waals surface area contributed by atoms with Crippen LogP contribution in [0, 0.1) is 0 Å². The minimum absolute atomic E-state index is 0.477. The number of benzene rings is 1. The molecule has 0 saturated heterocycles. The van der Waals surface area contributed by atoms with E-state index >= 15 is 0 Å². The van der Waals surface area contributed by atoms with Crippen LogP contribution in [0.25, 0.3) is 0 Å². The molecule has 15 heavy (non-hydrogen) atoms. The van der Waals surface area contributed by atoms with E-state index in [0.717, 1.165) is 22.0 Å². The second-order valence-electron chi connectivity index (χ2n) is 3.58. The maximum absolute atomic E-state index is 3.55. The highest BCUT2D eigenvalue weighted by Gasteiger charge is 2.03.